The van der Waals surface area contributed by atoms with Gasteiger partial charge in [0, 0.05) is 18.8 Å². The van der Waals surface area contributed by atoms with Crippen molar-refractivity contribution in [3.63, 3.8) is 0 Å². The summed E-state index contributed by atoms with van der Waals surface area (Å²) in [6.07, 6.45) is 0. The van der Waals surface area contributed by atoms with E-state index in [1.165, 1.54) is 5.56 Å². The van der Waals surface area contributed by atoms with E-state index >= 15 is 0 Å². The first-order chi connectivity index (χ1) is 9.22. The summed E-state index contributed by atoms with van der Waals surface area (Å²) in [6, 6.07) is 16.1. The molecule has 0 fully saturated rings. The molecule has 3 nitrogen and oxygen atoms in total. The molecule has 0 unspecified atom stereocenters. The second kappa shape index (κ2) is 6.01. The van der Waals surface area contributed by atoms with Gasteiger partial charge in [0.1, 0.15) is 5.82 Å². The average Bonchev–Trinajstić information content (AvgIpc) is 2.45. The summed E-state index contributed by atoms with van der Waals surface area (Å²) in [5.74, 6) is 0.864. The lowest BCUT2D eigenvalue weighted by Gasteiger charge is -2.22. The standard InChI is InChI=1S/C16H17N3/c1-3-19(12-14-7-5-4-6-8-14)16-10-15(11-17)9-13(2)18-16/h4-10H,3,12H2,1-2H3. The Morgan fingerprint density at radius 2 is 1.95 bits per heavy atom. The Bertz CT molecular complexity index is 585. The lowest BCUT2D eigenvalue weighted by atomic mass is 10.2. The molecule has 1 heterocycles. The third kappa shape index (κ3) is 3.32. The van der Waals surface area contributed by atoms with Gasteiger partial charge in [-0.15, -0.1) is 0 Å². The molecular formula is C16H17N3. The van der Waals surface area contributed by atoms with Crippen molar-refractivity contribution in [3.05, 3.63) is 59.3 Å². The van der Waals surface area contributed by atoms with Crippen LogP contribution in [0, 0.1) is 18.3 Å². The fraction of sp³-hybridized carbons (Fsp3) is 0.250. The van der Waals surface area contributed by atoms with Crippen LogP contribution in [0.2, 0.25) is 0 Å². The summed E-state index contributed by atoms with van der Waals surface area (Å²) in [4.78, 5) is 6.69. The molecular weight excluding hydrogens is 234 g/mol. The number of hydrogen-bond acceptors (Lipinski definition) is 3. The first-order valence-electron chi connectivity index (χ1n) is 6.40. The van der Waals surface area contributed by atoms with Crippen molar-refractivity contribution in [1.82, 2.24) is 4.98 Å². The molecule has 0 aliphatic heterocycles. The molecule has 0 bridgehead atoms. The molecule has 0 atom stereocenters. The minimum absolute atomic E-state index is 0.661. The Morgan fingerprint density at radius 1 is 1.21 bits per heavy atom. The van der Waals surface area contributed by atoms with Crippen LogP contribution in [-0.4, -0.2) is 11.5 Å². The van der Waals surface area contributed by atoms with Gasteiger partial charge in [-0.25, -0.2) is 4.98 Å². The van der Waals surface area contributed by atoms with Crippen molar-refractivity contribution in [3.8, 4) is 6.07 Å². The highest BCUT2D eigenvalue weighted by Gasteiger charge is 2.08. The van der Waals surface area contributed by atoms with Gasteiger partial charge in [0.25, 0.3) is 0 Å². The minimum atomic E-state index is 0.661. The third-order valence-electron chi connectivity index (χ3n) is 2.99. The Morgan fingerprint density at radius 3 is 2.58 bits per heavy atom. The molecule has 0 aliphatic rings. The molecule has 3 heteroatoms. The van der Waals surface area contributed by atoms with Crippen LogP contribution in [0.25, 0.3) is 0 Å². The summed E-state index contributed by atoms with van der Waals surface area (Å²) in [6.45, 7) is 5.68. The van der Waals surface area contributed by atoms with E-state index < -0.39 is 0 Å². The molecule has 1 aromatic heterocycles. The number of benzene rings is 1. The first-order valence-corrected chi connectivity index (χ1v) is 6.40. The van der Waals surface area contributed by atoms with Gasteiger partial charge in [0.15, 0.2) is 0 Å². The molecule has 0 radical (unpaired) electrons. The lowest BCUT2D eigenvalue weighted by molar-refractivity contribution is 0.810. The largest absolute Gasteiger partial charge is 0.353 e. The van der Waals surface area contributed by atoms with Crippen molar-refractivity contribution in [2.45, 2.75) is 20.4 Å². The summed E-state index contributed by atoms with van der Waals surface area (Å²) >= 11 is 0. The predicted octanol–water partition coefficient (Wildman–Crippen LogP) is 3.29. The Balaban J connectivity index is 2.27. The molecule has 0 amide bonds. The number of aryl methyl sites for hydroxylation is 1. The molecule has 0 N–H and O–H groups in total. The summed E-state index contributed by atoms with van der Waals surface area (Å²) in [5.41, 5.74) is 2.78. The molecule has 0 saturated carbocycles. The van der Waals surface area contributed by atoms with Crippen LogP contribution in [0.1, 0.15) is 23.7 Å². The van der Waals surface area contributed by atoms with E-state index in [0.717, 1.165) is 24.6 Å². The summed E-state index contributed by atoms with van der Waals surface area (Å²) < 4.78 is 0. The third-order valence-corrected chi connectivity index (χ3v) is 2.99. The van der Waals surface area contributed by atoms with Gasteiger partial charge in [0.2, 0.25) is 0 Å². The fourth-order valence-corrected chi connectivity index (χ4v) is 2.04. The van der Waals surface area contributed by atoms with E-state index in [9.17, 15) is 0 Å². The van der Waals surface area contributed by atoms with Crippen LogP contribution in [-0.2, 0) is 6.54 Å². The van der Waals surface area contributed by atoms with Gasteiger partial charge in [-0.2, -0.15) is 5.26 Å². The van der Waals surface area contributed by atoms with E-state index in [-0.39, 0.29) is 0 Å². The normalized spacial score (nSPS) is 9.95. The van der Waals surface area contributed by atoms with Crippen LogP contribution < -0.4 is 4.90 Å². The second-order valence-electron chi connectivity index (χ2n) is 4.47. The molecule has 19 heavy (non-hydrogen) atoms. The number of hydrogen-bond donors (Lipinski definition) is 0. The second-order valence-corrected chi connectivity index (χ2v) is 4.47. The van der Waals surface area contributed by atoms with Crippen LogP contribution in [0.15, 0.2) is 42.5 Å². The number of pyridine rings is 1. The van der Waals surface area contributed by atoms with Crippen molar-refractivity contribution in [2.24, 2.45) is 0 Å². The van der Waals surface area contributed by atoms with Crippen LogP contribution in [0.5, 0.6) is 0 Å². The average molecular weight is 251 g/mol. The van der Waals surface area contributed by atoms with Crippen molar-refractivity contribution in [2.75, 3.05) is 11.4 Å². The van der Waals surface area contributed by atoms with Gasteiger partial charge in [0.05, 0.1) is 11.6 Å². The topological polar surface area (TPSA) is 39.9 Å². The van der Waals surface area contributed by atoms with E-state index in [1.54, 1.807) is 6.07 Å². The molecule has 1 aromatic carbocycles. The maximum atomic E-state index is 9.03. The summed E-state index contributed by atoms with van der Waals surface area (Å²) in [5, 5.41) is 9.03. The number of nitriles is 1. The van der Waals surface area contributed by atoms with Crippen molar-refractivity contribution >= 4 is 5.82 Å². The highest BCUT2D eigenvalue weighted by Crippen LogP contribution is 2.17. The Hall–Kier alpha value is -2.34. The minimum Gasteiger partial charge on any atom is -0.353 e. The highest BCUT2D eigenvalue weighted by molar-refractivity contribution is 5.47. The van der Waals surface area contributed by atoms with Crippen molar-refractivity contribution in [1.29, 1.82) is 5.26 Å². The van der Waals surface area contributed by atoms with Crippen LogP contribution >= 0.6 is 0 Å². The molecule has 0 aliphatic carbocycles. The first kappa shape index (κ1) is 13.1. The van der Waals surface area contributed by atoms with Gasteiger partial charge < -0.3 is 4.90 Å². The van der Waals surface area contributed by atoms with Crippen LogP contribution in [0.3, 0.4) is 0 Å². The van der Waals surface area contributed by atoms with E-state index in [4.69, 9.17) is 5.26 Å². The fourth-order valence-electron chi connectivity index (χ4n) is 2.04. The zero-order chi connectivity index (χ0) is 13.7. The van der Waals surface area contributed by atoms with E-state index in [0.29, 0.717) is 5.56 Å². The van der Waals surface area contributed by atoms with Gasteiger partial charge in [-0.05, 0) is 31.5 Å². The molecule has 0 spiro atoms. The lowest BCUT2D eigenvalue weighted by Crippen LogP contribution is -2.23. The number of aromatic nitrogens is 1. The van der Waals surface area contributed by atoms with Crippen LogP contribution in [0.4, 0.5) is 5.82 Å². The van der Waals surface area contributed by atoms with Gasteiger partial charge in [-0.3, -0.25) is 0 Å². The SMILES string of the molecule is CCN(Cc1ccccc1)c1cc(C#N)cc(C)n1. The molecule has 2 aromatic rings. The number of rotatable bonds is 4. The maximum absolute atomic E-state index is 9.03. The van der Waals surface area contributed by atoms with Gasteiger partial charge in [-0.1, -0.05) is 30.3 Å². The smallest absolute Gasteiger partial charge is 0.130 e. The van der Waals surface area contributed by atoms with Crippen molar-refractivity contribution < 1.29 is 0 Å². The highest BCUT2D eigenvalue weighted by atomic mass is 15.2. The quantitative estimate of drug-likeness (QED) is 0.837. The number of anilines is 1. The van der Waals surface area contributed by atoms with E-state index in [1.807, 2.05) is 31.2 Å². The molecule has 0 saturated heterocycles. The number of nitrogens with zero attached hydrogens (tertiary/aromatic N) is 3. The Labute approximate surface area is 114 Å². The zero-order valence-electron chi connectivity index (χ0n) is 11.3. The molecule has 2 rings (SSSR count). The zero-order valence-corrected chi connectivity index (χ0v) is 11.3. The predicted molar refractivity (Wildman–Crippen MR) is 76.9 cm³/mol. The monoisotopic (exact) mass is 251 g/mol. The Kier molecular flexibility index (Phi) is 4.15. The molecule has 96 valence electrons. The maximum Gasteiger partial charge on any atom is 0.130 e. The van der Waals surface area contributed by atoms with Gasteiger partial charge >= 0.3 is 0 Å². The summed E-state index contributed by atoms with van der Waals surface area (Å²) in [7, 11) is 0. The van der Waals surface area contributed by atoms with E-state index in [2.05, 4.69) is 35.0 Å².